The fourth-order valence-electron chi connectivity index (χ4n) is 3.38. The van der Waals surface area contributed by atoms with Crippen molar-refractivity contribution in [3.63, 3.8) is 0 Å². The molecule has 1 fully saturated rings. The summed E-state index contributed by atoms with van der Waals surface area (Å²) in [5.74, 6) is -0.625. The number of furan rings is 1. The van der Waals surface area contributed by atoms with Crippen LogP contribution in [0.1, 0.15) is 41.7 Å². The molecule has 1 aliphatic heterocycles. The molecule has 0 unspecified atom stereocenters. The molecule has 0 spiro atoms. The second-order valence-corrected chi connectivity index (χ2v) is 6.78. The molecule has 3 rings (SSSR count). The molecule has 0 aliphatic carbocycles. The van der Waals surface area contributed by atoms with E-state index in [4.69, 9.17) is 4.42 Å². The second-order valence-electron chi connectivity index (χ2n) is 6.78. The smallest absolute Gasteiger partial charge is 0.257 e. The SMILES string of the molecule is C[C@@H](c1ccc(F)cc1)N(C)C(=O)[C@@H]1CCCN(C(=O)c2ccoc2)C1. The zero-order valence-electron chi connectivity index (χ0n) is 15.0. The Morgan fingerprint density at radius 2 is 2.00 bits per heavy atom. The molecule has 2 aromatic rings. The minimum Gasteiger partial charge on any atom is -0.472 e. The highest BCUT2D eigenvalue weighted by Gasteiger charge is 2.32. The van der Waals surface area contributed by atoms with E-state index in [0.717, 1.165) is 18.4 Å². The van der Waals surface area contributed by atoms with Crippen LogP contribution >= 0.6 is 0 Å². The Labute approximate surface area is 152 Å². The minimum absolute atomic E-state index is 0.00604. The lowest BCUT2D eigenvalue weighted by Gasteiger charge is -2.35. The summed E-state index contributed by atoms with van der Waals surface area (Å²) in [5, 5.41) is 0. The molecule has 1 aromatic carbocycles. The highest BCUT2D eigenvalue weighted by atomic mass is 19.1. The summed E-state index contributed by atoms with van der Waals surface area (Å²) in [6, 6.07) is 7.66. The first-order valence-corrected chi connectivity index (χ1v) is 8.81. The van der Waals surface area contributed by atoms with Gasteiger partial charge in [-0.3, -0.25) is 9.59 Å². The van der Waals surface area contributed by atoms with E-state index >= 15 is 0 Å². The van der Waals surface area contributed by atoms with Crippen LogP contribution in [0.4, 0.5) is 4.39 Å². The molecular formula is C20H23FN2O3. The number of amides is 2. The number of halogens is 1. The van der Waals surface area contributed by atoms with E-state index in [0.29, 0.717) is 18.7 Å². The largest absolute Gasteiger partial charge is 0.472 e. The number of carbonyl (C=O) groups is 2. The fourth-order valence-corrected chi connectivity index (χ4v) is 3.38. The first-order valence-electron chi connectivity index (χ1n) is 8.81. The third-order valence-electron chi connectivity index (χ3n) is 5.11. The van der Waals surface area contributed by atoms with Gasteiger partial charge in [-0.15, -0.1) is 0 Å². The Bertz CT molecular complexity index is 758. The predicted molar refractivity (Wildman–Crippen MR) is 94.9 cm³/mol. The van der Waals surface area contributed by atoms with Crippen LogP contribution in [0.5, 0.6) is 0 Å². The Morgan fingerprint density at radius 1 is 1.27 bits per heavy atom. The van der Waals surface area contributed by atoms with E-state index in [9.17, 15) is 14.0 Å². The van der Waals surface area contributed by atoms with Crippen molar-refractivity contribution in [3.8, 4) is 0 Å². The number of carbonyl (C=O) groups excluding carboxylic acids is 2. The van der Waals surface area contributed by atoms with Crippen LogP contribution in [0.25, 0.3) is 0 Å². The summed E-state index contributed by atoms with van der Waals surface area (Å²) in [6.07, 6.45) is 4.45. The van der Waals surface area contributed by atoms with Crippen molar-refractivity contribution >= 4 is 11.8 Å². The van der Waals surface area contributed by atoms with Crippen molar-refractivity contribution in [1.82, 2.24) is 9.80 Å². The molecule has 2 heterocycles. The quantitative estimate of drug-likeness (QED) is 0.841. The normalized spacial score (nSPS) is 18.4. The maximum absolute atomic E-state index is 13.1. The van der Waals surface area contributed by atoms with Gasteiger partial charge in [-0.2, -0.15) is 0 Å². The van der Waals surface area contributed by atoms with Crippen molar-refractivity contribution < 1.29 is 18.4 Å². The van der Waals surface area contributed by atoms with E-state index in [1.807, 2.05) is 6.92 Å². The van der Waals surface area contributed by atoms with Crippen LogP contribution in [0, 0.1) is 11.7 Å². The predicted octanol–water partition coefficient (Wildman–Crippen LogP) is 3.49. The molecule has 1 aliphatic rings. The lowest BCUT2D eigenvalue weighted by Crippen LogP contribution is -2.46. The minimum atomic E-state index is -0.296. The number of hydrogen-bond donors (Lipinski definition) is 0. The van der Waals surface area contributed by atoms with Gasteiger partial charge in [0.05, 0.1) is 23.8 Å². The first-order chi connectivity index (χ1) is 12.5. The van der Waals surface area contributed by atoms with E-state index in [-0.39, 0.29) is 29.6 Å². The molecule has 0 radical (unpaired) electrons. The summed E-state index contributed by atoms with van der Waals surface area (Å²) in [5.41, 5.74) is 1.38. The maximum Gasteiger partial charge on any atom is 0.257 e. The molecule has 1 aromatic heterocycles. The van der Waals surface area contributed by atoms with Gasteiger partial charge in [0.25, 0.3) is 5.91 Å². The number of nitrogens with zero attached hydrogens (tertiary/aromatic N) is 2. The van der Waals surface area contributed by atoms with Gasteiger partial charge in [0.15, 0.2) is 0 Å². The number of likely N-dealkylation sites (tertiary alicyclic amines) is 1. The van der Waals surface area contributed by atoms with Crippen LogP contribution in [-0.2, 0) is 4.79 Å². The second kappa shape index (κ2) is 7.72. The molecule has 6 heteroatoms. The topological polar surface area (TPSA) is 53.8 Å². The van der Waals surface area contributed by atoms with Gasteiger partial charge < -0.3 is 14.2 Å². The van der Waals surface area contributed by atoms with Gasteiger partial charge in [-0.05, 0) is 43.5 Å². The van der Waals surface area contributed by atoms with Crippen LogP contribution in [0.15, 0.2) is 47.3 Å². The lowest BCUT2D eigenvalue weighted by molar-refractivity contribution is -0.137. The number of hydrogen-bond acceptors (Lipinski definition) is 3. The Balaban J connectivity index is 1.66. The molecular weight excluding hydrogens is 335 g/mol. The van der Waals surface area contributed by atoms with Gasteiger partial charge in [0, 0.05) is 20.1 Å². The van der Waals surface area contributed by atoms with E-state index in [2.05, 4.69) is 0 Å². The summed E-state index contributed by atoms with van der Waals surface area (Å²) in [7, 11) is 1.76. The highest BCUT2D eigenvalue weighted by Crippen LogP contribution is 2.25. The zero-order chi connectivity index (χ0) is 18.7. The van der Waals surface area contributed by atoms with Gasteiger partial charge in [-0.25, -0.2) is 4.39 Å². The van der Waals surface area contributed by atoms with E-state index < -0.39 is 0 Å². The van der Waals surface area contributed by atoms with Gasteiger partial charge in [-0.1, -0.05) is 12.1 Å². The summed E-state index contributed by atoms with van der Waals surface area (Å²) < 4.78 is 18.1. The van der Waals surface area contributed by atoms with Crippen molar-refractivity contribution in [3.05, 3.63) is 59.8 Å². The monoisotopic (exact) mass is 358 g/mol. The molecule has 138 valence electrons. The third kappa shape index (κ3) is 3.79. The fraction of sp³-hybridized carbons (Fsp3) is 0.400. The first kappa shape index (κ1) is 18.2. The van der Waals surface area contributed by atoms with Crippen molar-refractivity contribution in [1.29, 1.82) is 0 Å². The molecule has 1 saturated heterocycles. The molecule has 0 bridgehead atoms. The Morgan fingerprint density at radius 3 is 2.65 bits per heavy atom. The van der Waals surface area contributed by atoms with E-state index in [1.165, 1.54) is 24.7 Å². The van der Waals surface area contributed by atoms with Gasteiger partial charge in [0.1, 0.15) is 12.1 Å². The van der Waals surface area contributed by atoms with Crippen LogP contribution in [-0.4, -0.2) is 41.8 Å². The standard InChI is InChI=1S/C20H23FN2O3/c1-14(15-5-7-18(21)8-6-15)22(2)19(24)16-4-3-10-23(12-16)20(25)17-9-11-26-13-17/h5-9,11,13-14,16H,3-4,10,12H2,1-2H3/t14-,16+/m0/s1. The number of rotatable bonds is 4. The molecule has 0 N–H and O–H groups in total. The average Bonchev–Trinajstić information content (AvgIpc) is 3.21. The average molecular weight is 358 g/mol. The van der Waals surface area contributed by atoms with Gasteiger partial charge >= 0.3 is 0 Å². The van der Waals surface area contributed by atoms with E-state index in [1.54, 1.807) is 35.0 Å². The molecule has 0 saturated carbocycles. The Hall–Kier alpha value is -2.63. The van der Waals surface area contributed by atoms with Gasteiger partial charge in [0.2, 0.25) is 5.91 Å². The molecule has 26 heavy (non-hydrogen) atoms. The summed E-state index contributed by atoms with van der Waals surface area (Å²) in [4.78, 5) is 28.8. The number of piperidine rings is 1. The van der Waals surface area contributed by atoms with Crippen LogP contribution < -0.4 is 0 Å². The lowest BCUT2D eigenvalue weighted by atomic mass is 9.95. The van der Waals surface area contributed by atoms with Crippen molar-refractivity contribution in [2.24, 2.45) is 5.92 Å². The Kier molecular flexibility index (Phi) is 5.40. The maximum atomic E-state index is 13.1. The van der Waals surface area contributed by atoms with Crippen LogP contribution in [0.2, 0.25) is 0 Å². The molecule has 2 atom stereocenters. The molecule has 5 nitrogen and oxygen atoms in total. The third-order valence-corrected chi connectivity index (χ3v) is 5.11. The molecule has 2 amide bonds. The van der Waals surface area contributed by atoms with Crippen LogP contribution in [0.3, 0.4) is 0 Å². The summed E-state index contributed by atoms with van der Waals surface area (Å²) >= 11 is 0. The zero-order valence-corrected chi connectivity index (χ0v) is 15.0. The highest BCUT2D eigenvalue weighted by molar-refractivity contribution is 5.94. The van der Waals surface area contributed by atoms with Crippen molar-refractivity contribution in [2.45, 2.75) is 25.8 Å². The number of benzene rings is 1. The summed E-state index contributed by atoms with van der Waals surface area (Å²) in [6.45, 7) is 2.97. The van der Waals surface area contributed by atoms with Crippen molar-refractivity contribution in [2.75, 3.05) is 20.1 Å².